The van der Waals surface area contributed by atoms with Crippen LogP contribution in [0.25, 0.3) is 0 Å². The lowest BCUT2D eigenvalue weighted by atomic mass is 9.71. The minimum absolute atomic E-state index is 0.0498. The van der Waals surface area contributed by atoms with Gasteiger partial charge in [0.05, 0.1) is 23.4 Å². The van der Waals surface area contributed by atoms with Gasteiger partial charge in [-0.15, -0.1) is 0 Å². The van der Waals surface area contributed by atoms with Crippen molar-refractivity contribution in [2.45, 2.75) is 31.3 Å². The maximum absolute atomic E-state index is 14.0. The van der Waals surface area contributed by atoms with Crippen molar-refractivity contribution >= 4 is 17.3 Å². The predicted molar refractivity (Wildman–Crippen MR) is 119 cm³/mol. The zero-order valence-corrected chi connectivity index (χ0v) is 18.2. The van der Waals surface area contributed by atoms with E-state index in [2.05, 4.69) is 15.9 Å². The molecule has 4 nitrogen and oxygen atoms in total. The fourth-order valence-electron chi connectivity index (χ4n) is 5.03. The molecule has 1 saturated carbocycles. The molecule has 1 N–H and O–H groups in total. The molecule has 2 aromatic rings. The van der Waals surface area contributed by atoms with Crippen LogP contribution in [0.5, 0.6) is 5.75 Å². The molecule has 2 aromatic carbocycles. The normalized spacial score (nSPS) is 25.3. The Morgan fingerprint density at radius 2 is 1.90 bits per heavy atom. The summed E-state index contributed by atoms with van der Waals surface area (Å²) in [5.41, 5.74) is 0.604. The summed E-state index contributed by atoms with van der Waals surface area (Å²) in [6, 6.07) is 12.4. The van der Waals surface area contributed by atoms with E-state index >= 15 is 0 Å². The molecule has 2 aliphatic rings. The maximum Gasteiger partial charge on any atom is 0.125 e. The van der Waals surface area contributed by atoms with Crippen molar-refractivity contribution < 1.29 is 14.2 Å². The monoisotopic (exact) mass is 432 g/mol. The molecule has 0 spiro atoms. The van der Waals surface area contributed by atoms with E-state index in [0.717, 1.165) is 62.7 Å². The predicted octanol–water partition coefficient (Wildman–Crippen LogP) is 4.69. The van der Waals surface area contributed by atoms with E-state index in [1.54, 1.807) is 13.2 Å². The van der Waals surface area contributed by atoms with Crippen LogP contribution in [0.4, 0.5) is 10.1 Å². The molecule has 6 heteroatoms. The lowest BCUT2D eigenvalue weighted by molar-refractivity contribution is -0.0675. The van der Waals surface area contributed by atoms with Crippen LogP contribution in [0.2, 0.25) is 5.02 Å². The number of ether oxygens (including phenoxy) is 1. The van der Waals surface area contributed by atoms with Gasteiger partial charge < -0.3 is 14.7 Å². The van der Waals surface area contributed by atoms with Gasteiger partial charge in [-0.2, -0.15) is 0 Å². The molecule has 1 saturated heterocycles. The second-order valence-corrected chi connectivity index (χ2v) is 8.86. The summed E-state index contributed by atoms with van der Waals surface area (Å²) in [5, 5.41) is 12.5. The number of hydrogen-bond donors (Lipinski definition) is 1. The molecule has 0 radical (unpaired) electrons. The van der Waals surface area contributed by atoms with Crippen molar-refractivity contribution in [2.75, 3.05) is 44.7 Å². The van der Waals surface area contributed by atoms with Crippen LogP contribution in [0.1, 0.15) is 31.2 Å². The van der Waals surface area contributed by atoms with Gasteiger partial charge in [0, 0.05) is 44.2 Å². The highest BCUT2D eigenvalue weighted by Crippen LogP contribution is 2.45. The molecule has 1 aliphatic carbocycles. The van der Waals surface area contributed by atoms with Crippen LogP contribution < -0.4 is 9.64 Å². The van der Waals surface area contributed by atoms with E-state index in [9.17, 15) is 9.50 Å². The zero-order chi connectivity index (χ0) is 21.1. The number of benzene rings is 2. The summed E-state index contributed by atoms with van der Waals surface area (Å²) < 4.78 is 19.5. The minimum atomic E-state index is -1.06. The number of aliphatic hydroxyl groups is 1. The molecular formula is C24H30ClFN2O2. The maximum atomic E-state index is 14.0. The first-order valence-electron chi connectivity index (χ1n) is 10.8. The van der Waals surface area contributed by atoms with E-state index < -0.39 is 5.60 Å². The Kier molecular flexibility index (Phi) is 6.51. The van der Waals surface area contributed by atoms with E-state index in [4.69, 9.17) is 16.3 Å². The Hall–Kier alpha value is -1.82. The molecule has 0 bridgehead atoms. The zero-order valence-electron chi connectivity index (χ0n) is 17.5. The quantitative estimate of drug-likeness (QED) is 0.743. The molecule has 162 valence electrons. The number of rotatable bonds is 5. The van der Waals surface area contributed by atoms with Gasteiger partial charge in [0.25, 0.3) is 0 Å². The van der Waals surface area contributed by atoms with E-state index in [1.165, 1.54) is 12.1 Å². The van der Waals surface area contributed by atoms with Crippen molar-refractivity contribution in [1.82, 2.24) is 4.90 Å². The number of piperazine rings is 1. The Bertz CT molecular complexity index is 872. The van der Waals surface area contributed by atoms with Crippen molar-refractivity contribution in [3.05, 3.63) is 58.9 Å². The molecule has 2 fully saturated rings. The van der Waals surface area contributed by atoms with Gasteiger partial charge in [-0.05, 0) is 43.2 Å². The van der Waals surface area contributed by atoms with Crippen LogP contribution in [-0.2, 0) is 5.60 Å². The van der Waals surface area contributed by atoms with Crippen molar-refractivity contribution in [2.24, 2.45) is 5.92 Å². The third kappa shape index (κ3) is 4.29. The number of hydrogen-bond acceptors (Lipinski definition) is 4. The number of nitrogens with zero attached hydrogens (tertiary/aromatic N) is 2. The second kappa shape index (κ2) is 9.13. The van der Waals surface area contributed by atoms with Crippen LogP contribution in [0, 0.1) is 11.7 Å². The van der Waals surface area contributed by atoms with Gasteiger partial charge in [-0.1, -0.05) is 36.6 Å². The van der Waals surface area contributed by atoms with Crippen molar-refractivity contribution in [1.29, 1.82) is 0 Å². The molecule has 0 amide bonds. The molecular weight excluding hydrogens is 403 g/mol. The summed E-state index contributed by atoms with van der Waals surface area (Å²) in [5.74, 6) is 0.278. The number of anilines is 1. The summed E-state index contributed by atoms with van der Waals surface area (Å²) in [6.45, 7) is 4.43. The highest BCUT2D eigenvalue weighted by Gasteiger charge is 2.43. The summed E-state index contributed by atoms with van der Waals surface area (Å²) in [7, 11) is 1.58. The summed E-state index contributed by atoms with van der Waals surface area (Å²) >= 11 is 6.37. The van der Waals surface area contributed by atoms with Gasteiger partial charge in [-0.25, -0.2) is 4.39 Å². The molecule has 4 rings (SSSR count). The first-order valence-corrected chi connectivity index (χ1v) is 11.2. The van der Waals surface area contributed by atoms with Gasteiger partial charge in [0.15, 0.2) is 0 Å². The van der Waals surface area contributed by atoms with Gasteiger partial charge >= 0.3 is 0 Å². The first-order chi connectivity index (χ1) is 14.5. The number of methoxy groups -OCH3 is 1. The highest BCUT2D eigenvalue weighted by molar-refractivity contribution is 6.33. The van der Waals surface area contributed by atoms with E-state index in [-0.39, 0.29) is 11.7 Å². The van der Waals surface area contributed by atoms with Crippen LogP contribution in [-0.4, -0.2) is 49.8 Å². The van der Waals surface area contributed by atoms with Gasteiger partial charge in [-0.3, -0.25) is 4.90 Å². The highest BCUT2D eigenvalue weighted by atomic mass is 35.5. The standard InChI is InChI=1S/C24H30ClFN2O2/c1-30-23-10-9-19(26)16-20(23)24(29)11-5-4-6-18(24)17-27-12-14-28(15-13-27)22-8-3-2-7-21(22)25/h2-3,7-10,16,18,29H,4-6,11-15,17H2,1H3. The minimum Gasteiger partial charge on any atom is -0.496 e. The Balaban J connectivity index is 1.47. The van der Waals surface area contributed by atoms with Gasteiger partial charge in [0.1, 0.15) is 11.6 Å². The molecule has 30 heavy (non-hydrogen) atoms. The SMILES string of the molecule is COc1ccc(F)cc1C1(O)CCCCC1CN1CCN(c2ccccc2Cl)CC1. The lowest BCUT2D eigenvalue weighted by Gasteiger charge is -2.45. The van der Waals surface area contributed by atoms with Crippen LogP contribution in [0.15, 0.2) is 42.5 Å². The smallest absolute Gasteiger partial charge is 0.125 e. The van der Waals surface area contributed by atoms with Crippen molar-refractivity contribution in [3.8, 4) is 5.75 Å². The molecule has 1 heterocycles. The molecule has 2 unspecified atom stereocenters. The third-order valence-corrected chi connectivity index (χ3v) is 7.03. The Morgan fingerprint density at radius 3 is 2.63 bits per heavy atom. The fraction of sp³-hybridized carbons (Fsp3) is 0.500. The number of halogens is 2. The average Bonchev–Trinajstić information content (AvgIpc) is 2.76. The Morgan fingerprint density at radius 1 is 1.13 bits per heavy atom. The topological polar surface area (TPSA) is 35.9 Å². The summed E-state index contributed by atoms with van der Waals surface area (Å²) in [6.07, 6.45) is 3.59. The van der Waals surface area contributed by atoms with E-state index in [1.807, 2.05) is 18.2 Å². The van der Waals surface area contributed by atoms with Crippen LogP contribution in [0.3, 0.4) is 0 Å². The van der Waals surface area contributed by atoms with Crippen LogP contribution >= 0.6 is 11.6 Å². The first kappa shape index (κ1) is 21.4. The third-order valence-electron chi connectivity index (χ3n) is 6.71. The van der Waals surface area contributed by atoms with Crippen molar-refractivity contribution in [3.63, 3.8) is 0 Å². The molecule has 2 atom stereocenters. The fourth-order valence-corrected chi connectivity index (χ4v) is 5.29. The number of para-hydroxylation sites is 1. The van der Waals surface area contributed by atoms with Gasteiger partial charge in [0.2, 0.25) is 0 Å². The van der Waals surface area contributed by atoms with E-state index in [0.29, 0.717) is 17.7 Å². The largest absolute Gasteiger partial charge is 0.496 e. The summed E-state index contributed by atoms with van der Waals surface area (Å²) in [4.78, 5) is 4.74. The molecule has 1 aliphatic heterocycles. The average molecular weight is 433 g/mol. The molecule has 0 aromatic heterocycles. The second-order valence-electron chi connectivity index (χ2n) is 8.45. The lowest BCUT2D eigenvalue weighted by Crippen LogP contribution is -2.51. The Labute approximate surface area is 183 Å².